The molecule has 0 bridgehead atoms. The fourth-order valence-corrected chi connectivity index (χ4v) is 0.621. The van der Waals surface area contributed by atoms with E-state index >= 15 is 0 Å². The van der Waals surface area contributed by atoms with Crippen molar-refractivity contribution in [2.45, 2.75) is 32.5 Å². The molecule has 11 heavy (non-hydrogen) atoms. The highest BCUT2D eigenvalue weighted by molar-refractivity contribution is 4.48. The zero-order chi connectivity index (χ0) is 8.69. The standard InChI is InChI=1S/C8H18O3/c1-7(9)6-11-5-4-8(2)10-3/h7-9H,4-6H2,1-3H3. The second-order valence-corrected chi connectivity index (χ2v) is 2.76. The largest absolute Gasteiger partial charge is 0.391 e. The highest BCUT2D eigenvalue weighted by atomic mass is 16.5. The minimum Gasteiger partial charge on any atom is -0.391 e. The molecule has 0 aliphatic carbocycles. The van der Waals surface area contributed by atoms with Crippen molar-refractivity contribution >= 4 is 0 Å². The van der Waals surface area contributed by atoms with Crippen LogP contribution >= 0.6 is 0 Å². The lowest BCUT2D eigenvalue weighted by molar-refractivity contribution is 0.0222. The van der Waals surface area contributed by atoms with Gasteiger partial charge in [0.25, 0.3) is 0 Å². The maximum absolute atomic E-state index is 8.82. The Morgan fingerprint density at radius 3 is 2.45 bits per heavy atom. The summed E-state index contributed by atoms with van der Waals surface area (Å²) in [5.74, 6) is 0. The van der Waals surface area contributed by atoms with Gasteiger partial charge in [-0.25, -0.2) is 0 Å². The SMILES string of the molecule is COC(C)CCOCC(C)O. The summed E-state index contributed by atoms with van der Waals surface area (Å²) < 4.78 is 10.2. The van der Waals surface area contributed by atoms with E-state index in [9.17, 15) is 0 Å². The van der Waals surface area contributed by atoms with Gasteiger partial charge in [-0.1, -0.05) is 0 Å². The maximum Gasteiger partial charge on any atom is 0.0745 e. The summed E-state index contributed by atoms with van der Waals surface area (Å²) in [5.41, 5.74) is 0. The molecule has 0 fully saturated rings. The average Bonchev–Trinajstić information content (AvgIpc) is 1.97. The van der Waals surface area contributed by atoms with Crippen LogP contribution in [-0.4, -0.2) is 37.6 Å². The summed E-state index contributed by atoms with van der Waals surface area (Å²) in [7, 11) is 1.68. The Morgan fingerprint density at radius 1 is 1.36 bits per heavy atom. The monoisotopic (exact) mass is 162 g/mol. The fraction of sp³-hybridized carbons (Fsp3) is 1.00. The number of aliphatic hydroxyl groups excluding tert-OH is 1. The molecule has 0 aliphatic rings. The van der Waals surface area contributed by atoms with E-state index in [1.54, 1.807) is 14.0 Å². The van der Waals surface area contributed by atoms with Gasteiger partial charge in [-0.05, 0) is 20.3 Å². The van der Waals surface area contributed by atoms with Gasteiger partial charge in [0, 0.05) is 13.7 Å². The van der Waals surface area contributed by atoms with Crippen LogP contribution in [0.1, 0.15) is 20.3 Å². The van der Waals surface area contributed by atoms with E-state index in [0.29, 0.717) is 13.2 Å². The number of hydrogen-bond donors (Lipinski definition) is 1. The highest BCUT2D eigenvalue weighted by Gasteiger charge is 1.99. The van der Waals surface area contributed by atoms with Crippen LogP contribution in [0.5, 0.6) is 0 Å². The van der Waals surface area contributed by atoms with Crippen LogP contribution in [0.25, 0.3) is 0 Å². The lowest BCUT2D eigenvalue weighted by Crippen LogP contribution is -2.14. The third kappa shape index (κ3) is 7.78. The van der Waals surface area contributed by atoms with E-state index in [-0.39, 0.29) is 12.2 Å². The van der Waals surface area contributed by atoms with Gasteiger partial charge in [-0.15, -0.1) is 0 Å². The normalized spacial score (nSPS) is 16.4. The molecule has 0 rings (SSSR count). The average molecular weight is 162 g/mol. The van der Waals surface area contributed by atoms with Crippen LogP contribution in [0, 0.1) is 0 Å². The first-order chi connectivity index (χ1) is 5.16. The first-order valence-corrected chi connectivity index (χ1v) is 3.95. The van der Waals surface area contributed by atoms with Crippen molar-refractivity contribution < 1.29 is 14.6 Å². The molecular formula is C8H18O3. The van der Waals surface area contributed by atoms with Gasteiger partial charge in [0.1, 0.15) is 0 Å². The molecule has 0 saturated heterocycles. The predicted octanol–water partition coefficient (Wildman–Crippen LogP) is 0.809. The maximum atomic E-state index is 8.82. The van der Waals surface area contributed by atoms with E-state index in [2.05, 4.69) is 0 Å². The number of rotatable bonds is 6. The van der Waals surface area contributed by atoms with Gasteiger partial charge in [0.2, 0.25) is 0 Å². The Labute approximate surface area is 68.3 Å². The van der Waals surface area contributed by atoms with Crippen LogP contribution < -0.4 is 0 Å². The minimum absolute atomic E-state index is 0.240. The second kappa shape index (κ2) is 6.58. The fourth-order valence-electron chi connectivity index (χ4n) is 0.621. The second-order valence-electron chi connectivity index (χ2n) is 2.76. The molecule has 1 N–H and O–H groups in total. The first kappa shape index (κ1) is 10.9. The Morgan fingerprint density at radius 2 is 2.00 bits per heavy atom. The third-order valence-electron chi connectivity index (χ3n) is 1.43. The summed E-state index contributed by atoms with van der Waals surface area (Å²) in [6.45, 7) is 4.77. The molecule has 0 aromatic heterocycles. The third-order valence-corrected chi connectivity index (χ3v) is 1.43. The van der Waals surface area contributed by atoms with Gasteiger partial charge in [0.15, 0.2) is 0 Å². The van der Waals surface area contributed by atoms with Crippen molar-refractivity contribution in [3.63, 3.8) is 0 Å². The van der Waals surface area contributed by atoms with Crippen molar-refractivity contribution in [2.24, 2.45) is 0 Å². The highest BCUT2D eigenvalue weighted by Crippen LogP contribution is 1.95. The zero-order valence-corrected chi connectivity index (χ0v) is 7.54. The Bertz CT molecular complexity index is 83.4. The van der Waals surface area contributed by atoms with Gasteiger partial charge in [-0.3, -0.25) is 0 Å². The van der Waals surface area contributed by atoms with Crippen molar-refractivity contribution in [1.82, 2.24) is 0 Å². The number of ether oxygens (including phenoxy) is 2. The van der Waals surface area contributed by atoms with Crippen molar-refractivity contribution in [3.8, 4) is 0 Å². The lowest BCUT2D eigenvalue weighted by atomic mass is 10.3. The Hall–Kier alpha value is -0.120. The molecule has 0 radical (unpaired) electrons. The smallest absolute Gasteiger partial charge is 0.0745 e. The molecule has 0 aromatic carbocycles. The van der Waals surface area contributed by atoms with Gasteiger partial charge in [-0.2, -0.15) is 0 Å². The van der Waals surface area contributed by atoms with Gasteiger partial charge in [0.05, 0.1) is 18.8 Å². The van der Waals surface area contributed by atoms with Crippen LogP contribution in [-0.2, 0) is 9.47 Å². The molecule has 0 spiro atoms. The van der Waals surface area contributed by atoms with Crippen LogP contribution in [0.2, 0.25) is 0 Å². The van der Waals surface area contributed by atoms with E-state index in [4.69, 9.17) is 14.6 Å². The topological polar surface area (TPSA) is 38.7 Å². The summed E-state index contributed by atoms with van der Waals surface area (Å²) >= 11 is 0. The molecule has 0 aromatic rings. The molecule has 2 atom stereocenters. The summed E-state index contributed by atoms with van der Waals surface area (Å²) in [6.07, 6.45) is 0.750. The van der Waals surface area contributed by atoms with E-state index < -0.39 is 0 Å². The van der Waals surface area contributed by atoms with E-state index in [1.807, 2.05) is 6.92 Å². The van der Waals surface area contributed by atoms with Crippen molar-refractivity contribution in [1.29, 1.82) is 0 Å². The molecule has 0 saturated carbocycles. The van der Waals surface area contributed by atoms with E-state index in [1.165, 1.54) is 0 Å². The molecule has 68 valence electrons. The van der Waals surface area contributed by atoms with Gasteiger partial charge >= 0.3 is 0 Å². The molecular weight excluding hydrogens is 144 g/mol. The van der Waals surface area contributed by atoms with E-state index in [0.717, 1.165) is 6.42 Å². The Balaban J connectivity index is 3.01. The quantitative estimate of drug-likeness (QED) is 0.587. The molecule has 3 nitrogen and oxygen atoms in total. The van der Waals surface area contributed by atoms with Crippen molar-refractivity contribution in [3.05, 3.63) is 0 Å². The number of aliphatic hydroxyl groups is 1. The van der Waals surface area contributed by atoms with Gasteiger partial charge < -0.3 is 14.6 Å². The summed E-state index contributed by atoms with van der Waals surface area (Å²) in [5, 5.41) is 8.82. The lowest BCUT2D eigenvalue weighted by Gasteiger charge is -2.10. The first-order valence-electron chi connectivity index (χ1n) is 3.95. The van der Waals surface area contributed by atoms with Crippen LogP contribution in [0.4, 0.5) is 0 Å². The summed E-state index contributed by atoms with van der Waals surface area (Å²) in [6, 6.07) is 0. The number of methoxy groups -OCH3 is 1. The minimum atomic E-state index is -0.368. The molecule has 0 heterocycles. The molecule has 0 amide bonds. The summed E-state index contributed by atoms with van der Waals surface area (Å²) in [4.78, 5) is 0. The Kier molecular flexibility index (Phi) is 6.51. The zero-order valence-electron chi connectivity index (χ0n) is 7.54. The van der Waals surface area contributed by atoms with Crippen LogP contribution in [0.15, 0.2) is 0 Å². The van der Waals surface area contributed by atoms with Crippen molar-refractivity contribution in [2.75, 3.05) is 20.3 Å². The molecule has 0 aliphatic heterocycles. The predicted molar refractivity (Wildman–Crippen MR) is 43.6 cm³/mol. The number of hydrogen-bond acceptors (Lipinski definition) is 3. The molecule has 2 unspecified atom stereocenters. The van der Waals surface area contributed by atoms with Crippen LogP contribution in [0.3, 0.4) is 0 Å². The molecule has 3 heteroatoms.